The first kappa shape index (κ1) is 75.9. The molecule has 1 atom stereocenters. The Morgan fingerprint density at radius 1 is 0.491 bits per heavy atom. The summed E-state index contributed by atoms with van der Waals surface area (Å²) in [4.78, 5) is 34.4. The first-order valence-electron chi connectivity index (χ1n) is 34.6. The lowest BCUT2D eigenvalue weighted by Crippen LogP contribution is -2.39. The van der Waals surface area contributed by atoms with Crippen molar-refractivity contribution in [3.63, 3.8) is 0 Å². The number of ether oxygens (including phenoxy) is 6. The molecule has 29 heteroatoms. The molecule has 12 aromatic rings. The van der Waals surface area contributed by atoms with Crippen LogP contribution < -0.4 is 59.1 Å². The molecule has 1 saturated carbocycles. The second kappa shape index (κ2) is 35.5. The number of aliphatic hydroxyl groups is 1. The highest BCUT2D eigenvalue weighted by Crippen LogP contribution is 2.39. The van der Waals surface area contributed by atoms with Crippen molar-refractivity contribution in [3.8, 4) is 68.3 Å². The molecule has 6 heterocycles. The summed E-state index contributed by atoms with van der Waals surface area (Å²) in [5.41, 5.74) is 14.5. The van der Waals surface area contributed by atoms with Crippen molar-refractivity contribution < 1.29 is 51.1 Å². The van der Waals surface area contributed by atoms with Gasteiger partial charge in [-0.2, -0.15) is 28.5 Å². The Balaban J connectivity index is 0.000000159. The van der Waals surface area contributed by atoms with Crippen LogP contribution in [0.1, 0.15) is 26.7 Å². The number of benzene rings is 6. The van der Waals surface area contributed by atoms with Crippen LogP contribution in [0.2, 0.25) is 0 Å². The average molecular weight is 1450 g/mol. The smallest absolute Gasteiger partial charge is 0.401 e. The van der Waals surface area contributed by atoms with Crippen molar-refractivity contribution in [2.45, 2.75) is 45.0 Å². The summed E-state index contributed by atoms with van der Waals surface area (Å²) in [6.07, 6.45) is 13.4. The van der Waals surface area contributed by atoms with Crippen LogP contribution in [0.5, 0.6) is 34.5 Å². The van der Waals surface area contributed by atoms with E-state index in [1.165, 1.54) is 27.1 Å². The molecule has 0 radical (unpaired) electrons. The highest BCUT2D eigenvalue weighted by atomic mass is 19.4. The van der Waals surface area contributed by atoms with Crippen LogP contribution in [0.15, 0.2) is 165 Å². The van der Waals surface area contributed by atoms with Crippen LogP contribution in [0.4, 0.5) is 51.7 Å². The molecular weight excluding hydrogens is 1360 g/mol. The van der Waals surface area contributed by atoms with E-state index in [4.69, 9.17) is 43.4 Å². The quantitative estimate of drug-likeness (QED) is 0.0233. The summed E-state index contributed by atoms with van der Waals surface area (Å²) in [7, 11) is 13.6. The summed E-state index contributed by atoms with van der Waals surface area (Å²) in [5.74, 6) is 4.57. The van der Waals surface area contributed by atoms with E-state index in [9.17, 15) is 22.7 Å². The Kier molecular flexibility index (Phi) is 25.4. The van der Waals surface area contributed by atoms with Crippen molar-refractivity contribution in [1.29, 1.82) is 0 Å². The van der Waals surface area contributed by atoms with Crippen LogP contribution in [0.3, 0.4) is 0 Å². The monoisotopic (exact) mass is 1450 g/mol. The van der Waals surface area contributed by atoms with Gasteiger partial charge in [0, 0.05) is 184 Å². The van der Waals surface area contributed by atoms with E-state index in [1.54, 1.807) is 108 Å². The van der Waals surface area contributed by atoms with Gasteiger partial charge >= 0.3 is 6.18 Å². The van der Waals surface area contributed by atoms with Crippen LogP contribution in [-0.2, 0) is 21.1 Å². The van der Waals surface area contributed by atoms with Gasteiger partial charge in [-0.05, 0) is 79.9 Å². The van der Waals surface area contributed by atoms with Gasteiger partial charge in [0.05, 0.1) is 142 Å². The number of anilines is 6. The van der Waals surface area contributed by atoms with E-state index in [2.05, 4.69) is 82.0 Å². The zero-order chi connectivity index (χ0) is 74.9. The average Bonchev–Trinajstić information content (AvgIpc) is 0.888. The van der Waals surface area contributed by atoms with Gasteiger partial charge < -0.3 is 64.2 Å². The van der Waals surface area contributed by atoms with E-state index in [1.807, 2.05) is 106 Å². The molecule has 0 bridgehead atoms. The standard InChI is InChI=1S/C26H31FN6O2.C26H30N6O2.C25H27F3N6O3/c1-18(2)28-8-9-33(21-11-22(34-4)14-23(12-21)35-10-7-27)20-5-6-24-25(13-20)31-26(16-29-24)19-15-30-32(3)17-19;1-31-17-19(15-29-31)26-16-28-24-7-6-20(12-25(24)30-26)32(9-8-27-14-18-4-5-18)21-10-22(33-2)13-23(11-21)34-3;1-33-13-16(10-31-33)24-12-30-22-5-4-17(8-23(22)32-24)34(14-19(35)11-29-15-25(26,27)28)18-6-20(36-2)9-21(7-18)37-3/h5-6,11-18,28H,7-10H2,1-4H3;6-7,10-13,15-18,27H,4-5,8-9,14H2,1-3H3;4-10,12-13,19,29,35H,11,14-15H2,1-3H3/t;;19-/m..0/s1. The number of nitrogens with one attached hydrogen (secondary N) is 3. The normalized spacial score (nSPS) is 12.3. The van der Waals surface area contributed by atoms with E-state index in [0.717, 1.165) is 116 Å². The fraction of sp³-hybridized carbons (Fsp3) is 0.338. The maximum atomic E-state index is 12.7. The molecule has 0 amide bonds. The number of aliphatic hydroxyl groups excluding tert-OH is 1. The van der Waals surface area contributed by atoms with Gasteiger partial charge in [-0.1, -0.05) is 13.8 Å². The van der Waals surface area contributed by atoms with E-state index >= 15 is 0 Å². The van der Waals surface area contributed by atoms with Gasteiger partial charge in [-0.15, -0.1) is 0 Å². The number of aromatic nitrogens is 12. The van der Waals surface area contributed by atoms with Crippen LogP contribution >= 0.6 is 0 Å². The summed E-state index contributed by atoms with van der Waals surface area (Å²) in [6, 6.07) is 34.8. The molecule has 13 rings (SSSR count). The Morgan fingerprint density at radius 3 is 1.25 bits per heavy atom. The van der Waals surface area contributed by atoms with Crippen LogP contribution in [0.25, 0.3) is 66.9 Å². The highest BCUT2D eigenvalue weighted by Gasteiger charge is 2.28. The Labute approximate surface area is 612 Å². The predicted molar refractivity (Wildman–Crippen MR) is 403 cm³/mol. The van der Waals surface area contributed by atoms with Gasteiger partial charge in [-0.25, -0.2) is 19.3 Å². The number of aryl methyl sites for hydroxylation is 3. The van der Waals surface area contributed by atoms with Crippen molar-refractivity contribution >= 4 is 67.2 Å². The van der Waals surface area contributed by atoms with E-state index in [0.29, 0.717) is 63.7 Å². The lowest BCUT2D eigenvalue weighted by atomic mass is 10.1. The molecule has 0 unspecified atom stereocenters. The van der Waals surface area contributed by atoms with Gasteiger partial charge in [0.2, 0.25) is 0 Å². The van der Waals surface area contributed by atoms with Gasteiger partial charge in [0.1, 0.15) is 47.8 Å². The lowest BCUT2D eigenvalue weighted by molar-refractivity contribution is -0.125. The summed E-state index contributed by atoms with van der Waals surface area (Å²) in [6.45, 7) is 6.39. The zero-order valence-corrected chi connectivity index (χ0v) is 60.9. The summed E-state index contributed by atoms with van der Waals surface area (Å²) in [5, 5.41) is 32.6. The molecule has 1 fully saturated rings. The minimum absolute atomic E-state index is 0.00973. The van der Waals surface area contributed by atoms with Gasteiger partial charge in [-0.3, -0.25) is 29.0 Å². The molecule has 4 N–H and O–H groups in total. The molecule has 0 spiro atoms. The van der Waals surface area contributed by atoms with Crippen molar-refractivity contribution in [2.75, 3.05) is 116 Å². The minimum atomic E-state index is -4.37. The van der Waals surface area contributed by atoms with Crippen molar-refractivity contribution in [3.05, 3.63) is 165 Å². The van der Waals surface area contributed by atoms with E-state index < -0.39 is 25.5 Å². The third kappa shape index (κ3) is 20.6. The third-order valence-corrected chi connectivity index (χ3v) is 17.2. The van der Waals surface area contributed by atoms with E-state index in [-0.39, 0.29) is 19.7 Å². The molecule has 556 valence electrons. The molecule has 6 aromatic heterocycles. The Bertz CT molecular complexity index is 4830. The minimum Gasteiger partial charge on any atom is -0.497 e. The lowest BCUT2D eigenvalue weighted by Gasteiger charge is -2.28. The number of rotatable bonds is 31. The zero-order valence-electron chi connectivity index (χ0n) is 60.9. The fourth-order valence-electron chi connectivity index (χ4n) is 11.7. The van der Waals surface area contributed by atoms with Gasteiger partial charge in [0.15, 0.2) is 0 Å². The fourth-order valence-corrected chi connectivity index (χ4v) is 11.7. The second-order valence-electron chi connectivity index (χ2n) is 25.6. The topological polar surface area (TPSA) is 252 Å². The molecular formula is C77H88F4N18O7. The number of hydrogen-bond acceptors (Lipinski definition) is 22. The Hall–Kier alpha value is -11.3. The molecule has 0 aliphatic heterocycles. The second-order valence-corrected chi connectivity index (χ2v) is 25.6. The number of nitrogens with zero attached hydrogens (tertiary/aromatic N) is 15. The highest BCUT2D eigenvalue weighted by molar-refractivity contribution is 5.86. The summed E-state index contributed by atoms with van der Waals surface area (Å²) < 4.78 is 88.5. The molecule has 1 aliphatic carbocycles. The third-order valence-electron chi connectivity index (χ3n) is 17.2. The number of alkyl halides is 4. The SMILES string of the molecule is COc1cc(OC)cc(N(CCNCC2CC2)c2ccc3ncc(-c4cnn(C)c4)nc3c2)c1.COc1cc(OC)cc(N(C[C@@H](O)CNCC(F)(F)F)c2ccc3ncc(-c4cnn(C)c4)nc3c2)c1.COc1cc(OCCF)cc(N(CCNC(C)C)c2ccc3ncc(-c4cnn(C)c4)nc3c2)c1. The predicted octanol–water partition coefficient (Wildman–Crippen LogP) is 12.4. The number of hydrogen-bond donors (Lipinski definition) is 4. The first-order valence-corrected chi connectivity index (χ1v) is 34.6. The van der Waals surface area contributed by atoms with Crippen molar-refractivity contribution in [2.24, 2.45) is 27.1 Å². The largest absolute Gasteiger partial charge is 0.497 e. The number of halogens is 4. The molecule has 6 aromatic carbocycles. The van der Waals surface area contributed by atoms with Crippen LogP contribution in [0, 0.1) is 5.92 Å². The van der Waals surface area contributed by atoms with Gasteiger partial charge in [0.25, 0.3) is 0 Å². The number of fused-ring (bicyclic) bond motifs is 3. The maximum Gasteiger partial charge on any atom is 0.401 e. The summed E-state index contributed by atoms with van der Waals surface area (Å²) >= 11 is 0. The molecule has 1 aliphatic rings. The first-order chi connectivity index (χ1) is 51.2. The molecule has 106 heavy (non-hydrogen) atoms. The van der Waals surface area contributed by atoms with Crippen LogP contribution in [-0.4, -0.2) is 184 Å². The van der Waals surface area contributed by atoms with Crippen molar-refractivity contribution in [1.82, 2.24) is 75.2 Å². The maximum absolute atomic E-state index is 12.7. The number of methoxy groups -OCH3 is 5. The molecule has 0 saturated heterocycles. The Morgan fingerprint density at radius 2 is 0.877 bits per heavy atom. The molecule has 25 nitrogen and oxygen atoms in total.